The van der Waals surface area contributed by atoms with Gasteiger partial charge in [0.1, 0.15) is 11.5 Å². The van der Waals surface area contributed by atoms with E-state index in [0.29, 0.717) is 16.5 Å². The molecule has 0 aliphatic heterocycles. The molecule has 37 heavy (non-hydrogen) atoms. The zero-order valence-corrected chi connectivity index (χ0v) is 21.3. The van der Waals surface area contributed by atoms with E-state index in [9.17, 15) is 9.90 Å². The van der Waals surface area contributed by atoms with E-state index in [1.165, 1.54) is 31.2 Å². The van der Waals surface area contributed by atoms with Gasteiger partial charge in [-0.05, 0) is 72.3 Å². The molecule has 0 saturated heterocycles. The number of hydrazone groups is 1. The van der Waals surface area contributed by atoms with E-state index in [-0.39, 0.29) is 17.4 Å². The van der Waals surface area contributed by atoms with Crippen molar-refractivity contribution in [3.05, 3.63) is 72.3 Å². The molecular weight excluding hydrogens is 492 g/mol. The molecule has 4 aromatic rings. The number of aromatic nitrogens is 2. The predicted octanol–water partition coefficient (Wildman–Crippen LogP) is 4.72. The van der Waals surface area contributed by atoms with Crippen LogP contribution < -0.4 is 19.6 Å². The number of imidazole rings is 1. The lowest BCUT2D eigenvalue weighted by molar-refractivity contribution is -0.118. The molecule has 3 aromatic carbocycles. The van der Waals surface area contributed by atoms with Gasteiger partial charge in [-0.25, -0.2) is 10.4 Å². The first-order valence-electron chi connectivity index (χ1n) is 11.2. The van der Waals surface area contributed by atoms with E-state index in [2.05, 4.69) is 15.5 Å². The highest BCUT2D eigenvalue weighted by Gasteiger charge is 2.16. The second-order valence-electron chi connectivity index (χ2n) is 7.74. The van der Waals surface area contributed by atoms with Gasteiger partial charge >= 0.3 is 0 Å². The molecule has 10 heteroatoms. The van der Waals surface area contributed by atoms with Crippen molar-refractivity contribution in [2.24, 2.45) is 5.10 Å². The molecule has 0 aliphatic carbocycles. The minimum absolute atomic E-state index is 0.0292. The summed E-state index contributed by atoms with van der Waals surface area (Å²) >= 11 is 1.27. The van der Waals surface area contributed by atoms with Crippen molar-refractivity contribution in [3.63, 3.8) is 0 Å². The fourth-order valence-electron chi connectivity index (χ4n) is 3.46. The number of phenolic OH excluding ortho intramolecular Hbond substituents is 1. The van der Waals surface area contributed by atoms with Crippen LogP contribution in [0.1, 0.15) is 5.56 Å². The van der Waals surface area contributed by atoms with Gasteiger partial charge in [-0.1, -0.05) is 11.8 Å². The number of amides is 1. The second kappa shape index (κ2) is 12.0. The molecule has 190 valence electrons. The van der Waals surface area contributed by atoms with Crippen molar-refractivity contribution in [2.75, 3.05) is 27.1 Å². The molecule has 9 nitrogen and oxygen atoms in total. The van der Waals surface area contributed by atoms with E-state index in [4.69, 9.17) is 19.2 Å². The van der Waals surface area contributed by atoms with Crippen LogP contribution in [0, 0.1) is 0 Å². The van der Waals surface area contributed by atoms with Crippen molar-refractivity contribution in [2.45, 2.75) is 5.16 Å². The van der Waals surface area contributed by atoms with Crippen LogP contribution in [0.5, 0.6) is 23.0 Å². The number of hydrogen-bond acceptors (Lipinski definition) is 8. The Morgan fingerprint density at radius 3 is 2.24 bits per heavy atom. The number of phenols is 1. The maximum Gasteiger partial charge on any atom is 0.250 e. The molecule has 0 saturated carbocycles. The van der Waals surface area contributed by atoms with Crippen molar-refractivity contribution in [1.29, 1.82) is 0 Å². The molecule has 0 atom stereocenters. The third-order valence-corrected chi connectivity index (χ3v) is 6.24. The van der Waals surface area contributed by atoms with Crippen LogP contribution in [-0.4, -0.2) is 54.3 Å². The van der Waals surface area contributed by atoms with Crippen molar-refractivity contribution in [3.8, 4) is 45.5 Å². The molecule has 3 N–H and O–H groups in total. The van der Waals surface area contributed by atoms with Gasteiger partial charge in [0.2, 0.25) is 0 Å². The van der Waals surface area contributed by atoms with Crippen LogP contribution >= 0.6 is 11.8 Å². The third-order valence-electron chi connectivity index (χ3n) is 5.37. The van der Waals surface area contributed by atoms with Gasteiger partial charge in [0.15, 0.2) is 16.7 Å². The Morgan fingerprint density at radius 1 is 0.973 bits per heavy atom. The smallest absolute Gasteiger partial charge is 0.250 e. The van der Waals surface area contributed by atoms with Crippen molar-refractivity contribution >= 4 is 23.9 Å². The van der Waals surface area contributed by atoms with E-state index in [0.717, 1.165) is 34.0 Å². The number of carbonyl (C=O) groups excluding carboxylic acids is 1. The molecule has 0 bridgehead atoms. The summed E-state index contributed by atoms with van der Waals surface area (Å²) in [6, 6.07) is 20.1. The average Bonchev–Trinajstić information content (AvgIpc) is 3.37. The van der Waals surface area contributed by atoms with Crippen molar-refractivity contribution < 1.29 is 24.1 Å². The molecule has 0 spiro atoms. The van der Waals surface area contributed by atoms with Gasteiger partial charge in [-0.3, -0.25) is 4.79 Å². The molecule has 0 fully saturated rings. The number of aromatic hydroxyl groups is 1. The number of thioether (sulfide) groups is 1. The summed E-state index contributed by atoms with van der Waals surface area (Å²) in [6.45, 7) is 0. The molecule has 0 unspecified atom stereocenters. The Kier molecular flexibility index (Phi) is 8.32. The Balaban J connectivity index is 1.47. The fraction of sp³-hybridized carbons (Fsp3) is 0.148. The van der Waals surface area contributed by atoms with Crippen LogP contribution in [-0.2, 0) is 4.79 Å². The zero-order valence-electron chi connectivity index (χ0n) is 20.5. The first-order chi connectivity index (χ1) is 18.0. The minimum atomic E-state index is -0.291. The van der Waals surface area contributed by atoms with Gasteiger partial charge in [0.05, 0.1) is 44.7 Å². The number of benzene rings is 3. The normalized spacial score (nSPS) is 10.9. The number of hydrogen-bond donors (Lipinski definition) is 3. The second-order valence-corrected chi connectivity index (χ2v) is 8.70. The number of nitrogens with zero attached hydrogens (tertiary/aromatic N) is 2. The number of H-pyrrole nitrogens is 1. The lowest BCUT2D eigenvalue weighted by atomic mass is 10.0. The average molecular weight is 519 g/mol. The lowest BCUT2D eigenvalue weighted by Crippen LogP contribution is -2.19. The topological polar surface area (TPSA) is 118 Å². The van der Waals surface area contributed by atoms with Crippen LogP contribution in [0.4, 0.5) is 0 Å². The van der Waals surface area contributed by atoms with E-state index in [1.807, 2.05) is 48.5 Å². The van der Waals surface area contributed by atoms with E-state index in [1.54, 1.807) is 26.4 Å². The number of methoxy groups -OCH3 is 3. The Morgan fingerprint density at radius 2 is 1.62 bits per heavy atom. The maximum atomic E-state index is 12.4. The number of ether oxygens (including phenoxy) is 3. The summed E-state index contributed by atoms with van der Waals surface area (Å²) in [5.41, 5.74) is 6.60. The van der Waals surface area contributed by atoms with Gasteiger partial charge in [0.25, 0.3) is 5.91 Å². The molecule has 1 aromatic heterocycles. The summed E-state index contributed by atoms with van der Waals surface area (Å²) in [6.07, 6.45) is 1.47. The van der Waals surface area contributed by atoms with Gasteiger partial charge in [0, 0.05) is 11.1 Å². The minimum Gasteiger partial charge on any atom is -0.504 e. The lowest BCUT2D eigenvalue weighted by Gasteiger charge is -2.06. The first kappa shape index (κ1) is 25.6. The number of rotatable bonds is 10. The molecule has 4 rings (SSSR count). The number of carbonyl (C=O) groups is 1. The van der Waals surface area contributed by atoms with Crippen LogP contribution in [0.25, 0.3) is 22.5 Å². The van der Waals surface area contributed by atoms with E-state index >= 15 is 0 Å². The van der Waals surface area contributed by atoms with E-state index < -0.39 is 0 Å². The Labute approximate surface area is 218 Å². The van der Waals surface area contributed by atoms with Gasteiger partial charge in [-0.15, -0.1) is 0 Å². The van der Waals surface area contributed by atoms with Gasteiger partial charge < -0.3 is 24.3 Å². The SMILES string of the molecule is COc1ccc(-c2nc(SCC(=O)N/N=C/c3ccc(O)c(OC)c3)[nH]c2-c2ccc(OC)cc2)cc1. The van der Waals surface area contributed by atoms with Crippen LogP contribution in [0.15, 0.2) is 77.0 Å². The summed E-state index contributed by atoms with van der Waals surface area (Å²) in [7, 11) is 4.71. The highest BCUT2D eigenvalue weighted by Crippen LogP contribution is 2.34. The quantitative estimate of drug-likeness (QED) is 0.158. The number of nitrogens with one attached hydrogen (secondary N) is 2. The maximum absolute atomic E-state index is 12.4. The van der Waals surface area contributed by atoms with Crippen LogP contribution in [0.2, 0.25) is 0 Å². The summed E-state index contributed by atoms with van der Waals surface area (Å²) < 4.78 is 15.6. The first-order valence-corrected chi connectivity index (χ1v) is 12.2. The summed E-state index contributed by atoms with van der Waals surface area (Å²) in [5, 5.41) is 14.3. The molecule has 1 heterocycles. The fourth-order valence-corrected chi connectivity index (χ4v) is 4.13. The largest absolute Gasteiger partial charge is 0.504 e. The van der Waals surface area contributed by atoms with Gasteiger partial charge in [-0.2, -0.15) is 5.10 Å². The highest BCUT2D eigenvalue weighted by atomic mass is 32.2. The Hall–Kier alpha value is -4.44. The Bertz CT molecular complexity index is 1320. The summed E-state index contributed by atoms with van der Waals surface area (Å²) in [4.78, 5) is 20.5. The third kappa shape index (κ3) is 6.42. The molecule has 1 amide bonds. The molecular formula is C27H26N4O5S. The van der Waals surface area contributed by atoms with Crippen LogP contribution in [0.3, 0.4) is 0 Å². The zero-order chi connectivity index (χ0) is 26.2. The predicted molar refractivity (Wildman–Crippen MR) is 144 cm³/mol. The molecule has 0 aliphatic rings. The molecule has 0 radical (unpaired) electrons. The monoisotopic (exact) mass is 518 g/mol. The number of aromatic amines is 1. The highest BCUT2D eigenvalue weighted by molar-refractivity contribution is 7.99. The standard InChI is InChI=1S/C27H26N4O5S/c1-34-20-9-5-18(6-10-20)25-26(19-7-11-21(35-2)12-8-19)30-27(29-25)37-16-24(33)31-28-15-17-4-13-22(32)23(14-17)36-3/h4-15,32H,16H2,1-3H3,(H,29,30)(H,31,33)/b28-15+. The summed E-state index contributed by atoms with van der Waals surface area (Å²) in [5.74, 6) is 1.68. The van der Waals surface area contributed by atoms with Crippen molar-refractivity contribution in [1.82, 2.24) is 15.4 Å².